The van der Waals surface area contributed by atoms with Crippen molar-refractivity contribution in [1.29, 1.82) is 0 Å². The van der Waals surface area contributed by atoms with Gasteiger partial charge >= 0.3 is 5.97 Å². The van der Waals surface area contributed by atoms with Crippen molar-refractivity contribution in [2.75, 3.05) is 0 Å². The maximum atomic E-state index is 10.3. The Bertz CT molecular complexity index is 270. The lowest BCUT2D eigenvalue weighted by molar-refractivity contribution is 0.0689. The number of halogens is 2. The maximum absolute atomic E-state index is 10.3. The Labute approximate surface area is 72.9 Å². The molecule has 0 aromatic carbocycles. The number of rotatable bonds is 1. The fourth-order valence-corrected chi connectivity index (χ4v) is 1.07. The van der Waals surface area contributed by atoms with Gasteiger partial charge in [0.05, 0.1) is 4.47 Å². The second-order valence-electron chi connectivity index (χ2n) is 1.51. The lowest BCUT2D eigenvalue weighted by Crippen LogP contribution is -1.96. The molecule has 0 atom stereocenters. The van der Waals surface area contributed by atoms with Crippen LogP contribution in [-0.4, -0.2) is 21.3 Å². The number of nitrogens with zero attached hydrogens (tertiary/aromatic N) is 1. The van der Waals surface area contributed by atoms with E-state index in [9.17, 15) is 4.79 Å². The summed E-state index contributed by atoms with van der Waals surface area (Å²) in [6.45, 7) is 0. The van der Waals surface area contributed by atoms with E-state index < -0.39 is 5.97 Å². The van der Waals surface area contributed by atoms with Crippen LogP contribution in [0.15, 0.2) is 9.08 Å². The average molecular weight is 270 g/mol. The van der Waals surface area contributed by atoms with Crippen LogP contribution in [0.1, 0.15) is 10.5 Å². The number of carbonyl (C=O) groups is 1. The Morgan fingerprint density at radius 3 is 2.40 bits per heavy atom. The van der Waals surface area contributed by atoms with E-state index in [1.807, 2.05) is 0 Å². The van der Waals surface area contributed by atoms with E-state index in [0.29, 0.717) is 9.08 Å². The number of nitrogens with one attached hydrogen (secondary N) is 1. The summed E-state index contributed by atoms with van der Waals surface area (Å²) in [5.41, 5.74) is -0.0214. The molecule has 0 fully saturated rings. The van der Waals surface area contributed by atoms with Crippen LogP contribution in [0.3, 0.4) is 0 Å². The van der Waals surface area contributed by atoms with E-state index in [1.165, 1.54) is 0 Å². The smallest absolute Gasteiger partial charge is 0.357 e. The highest BCUT2D eigenvalue weighted by Crippen LogP contribution is 2.23. The van der Waals surface area contributed by atoms with Crippen LogP contribution in [0.25, 0.3) is 0 Å². The van der Waals surface area contributed by atoms with Crippen LogP contribution in [0.4, 0.5) is 0 Å². The average Bonchev–Trinajstić information content (AvgIpc) is 2.14. The normalized spacial score (nSPS) is 9.80. The zero-order valence-corrected chi connectivity index (χ0v) is 7.73. The molecule has 0 saturated carbocycles. The summed E-state index contributed by atoms with van der Waals surface area (Å²) in [5, 5.41) is 14.4. The maximum Gasteiger partial charge on any atom is 0.357 e. The molecule has 1 aromatic heterocycles. The molecule has 0 aliphatic carbocycles. The van der Waals surface area contributed by atoms with Crippen molar-refractivity contribution in [3.63, 3.8) is 0 Å². The molecule has 1 aromatic rings. The number of carboxylic acids is 1. The molecule has 0 amide bonds. The first-order chi connectivity index (χ1) is 4.63. The minimum absolute atomic E-state index is 0.0214. The molecule has 0 spiro atoms. The Morgan fingerprint density at radius 2 is 2.20 bits per heavy atom. The van der Waals surface area contributed by atoms with Gasteiger partial charge in [0.25, 0.3) is 0 Å². The van der Waals surface area contributed by atoms with Gasteiger partial charge in [-0.2, -0.15) is 5.10 Å². The van der Waals surface area contributed by atoms with E-state index in [4.69, 9.17) is 5.11 Å². The summed E-state index contributed by atoms with van der Waals surface area (Å²) >= 11 is 6.09. The van der Waals surface area contributed by atoms with Crippen LogP contribution in [0.2, 0.25) is 0 Å². The number of H-pyrrole nitrogens is 1. The van der Waals surface area contributed by atoms with Crippen molar-refractivity contribution in [3.8, 4) is 0 Å². The summed E-state index contributed by atoms with van der Waals surface area (Å²) in [6, 6.07) is 0. The number of carboxylic acid groups (broad SMARTS) is 1. The number of aromatic amines is 1. The van der Waals surface area contributed by atoms with Gasteiger partial charge in [-0.15, -0.1) is 0 Å². The van der Waals surface area contributed by atoms with Crippen LogP contribution < -0.4 is 0 Å². The first-order valence-electron chi connectivity index (χ1n) is 2.25. The van der Waals surface area contributed by atoms with E-state index in [0.717, 1.165) is 0 Å². The van der Waals surface area contributed by atoms with Crippen LogP contribution in [0, 0.1) is 0 Å². The summed E-state index contributed by atoms with van der Waals surface area (Å²) in [5.74, 6) is -1.06. The predicted octanol–water partition coefficient (Wildman–Crippen LogP) is 1.63. The minimum atomic E-state index is -1.06. The number of hydrogen-bond acceptors (Lipinski definition) is 2. The molecule has 0 radical (unpaired) electrons. The van der Waals surface area contributed by atoms with Crippen molar-refractivity contribution < 1.29 is 9.90 Å². The molecule has 10 heavy (non-hydrogen) atoms. The third-order valence-electron chi connectivity index (χ3n) is 0.869. The van der Waals surface area contributed by atoms with Crippen LogP contribution >= 0.6 is 31.9 Å². The summed E-state index contributed by atoms with van der Waals surface area (Å²) in [4.78, 5) is 10.3. The van der Waals surface area contributed by atoms with Gasteiger partial charge in [-0.1, -0.05) is 0 Å². The summed E-state index contributed by atoms with van der Waals surface area (Å²) < 4.78 is 0.963. The van der Waals surface area contributed by atoms with E-state index >= 15 is 0 Å². The van der Waals surface area contributed by atoms with E-state index in [2.05, 4.69) is 42.1 Å². The summed E-state index contributed by atoms with van der Waals surface area (Å²) in [7, 11) is 0. The number of hydrogen-bond donors (Lipinski definition) is 2. The molecule has 0 aliphatic rings. The first kappa shape index (κ1) is 7.74. The lowest BCUT2D eigenvalue weighted by Gasteiger charge is -1.84. The van der Waals surface area contributed by atoms with Crippen molar-refractivity contribution in [2.45, 2.75) is 0 Å². The third-order valence-corrected chi connectivity index (χ3v) is 2.75. The van der Waals surface area contributed by atoms with Crippen molar-refractivity contribution >= 4 is 37.8 Å². The standard InChI is InChI=1S/C4H2Br2N2O2/c5-1-2(4(9)10)7-8-3(1)6/h(H,7,8)(H,9,10). The Balaban J connectivity index is 3.17. The zero-order valence-electron chi connectivity index (χ0n) is 4.56. The second-order valence-corrected chi connectivity index (χ2v) is 3.09. The van der Waals surface area contributed by atoms with Crippen molar-refractivity contribution in [3.05, 3.63) is 14.8 Å². The van der Waals surface area contributed by atoms with Gasteiger partial charge in [0.2, 0.25) is 0 Å². The highest BCUT2D eigenvalue weighted by atomic mass is 79.9. The Kier molecular flexibility index (Phi) is 2.10. The largest absolute Gasteiger partial charge is 0.476 e. The number of aromatic carboxylic acids is 1. The zero-order chi connectivity index (χ0) is 7.72. The van der Waals surface area contributed by atoms with Gasteiger partial charge in [0, 0.05) is 0 Å². The van der Waals surface area contributed by atoms with E-state index in [1.54, 1.807) is 0 Å². The van der Waals surface area contributed by atoms with Gasteiger partial charge in [-0.05, 0) is 31.9 Å². The van der Waals surface area contributed by atoms with Crippen LogP contribution in [-0.2, 0) is 0 Å². The van der Waals surface area contributed by atoms with Gasteiger partial charge in [-0.25, -0.2) is 4.79 Å². The molecule has 6 heteroatoms. The lowest BCUT2D eigenvalue weighted by atomic mass is 10.4. The topological polar surface area (TPSA) is 66.0 Å². The molecule has 54 valence electrons. The predicted molar refractivity (Wildman–Crippen MR) is 40.9 cm³/mol. The van der Waals surface area contributed by atoms with Gasteiger partial charge < -0.3 is 5.11 Å². The molecule has 0 bridgehead atoms. The van der Waals surface area contributed by atoms with Gasteiger partial charge in [0.15, 0.2) is 5.69 Å². The fraction of sp³-hybridized carbons (Fsp3) is 0. The molecule has 0 unspecified atom stereocenters. The molecular weight excluding hydrogens is 268 g/mol. The highest BCUT2D eigenvalue weighted by Gasteiger charge is 2.14. The summed E-state index contributed by atoms with van der Waals surface area (Å²) in [6.07, 6.45) is 0. The third kappa shape index (κ3) is 1.22. The van der Waals surface area contributed by atoms with Gasteiger partial charge in [-0.3, -0.25) is 5.10 Å². The molecule has 1 rings (SSSR count). The Morgan fingerprint density at radius 1 is 1.60 bits per heavy atom. The molecule has 0 aliphatic heterocycles. The quantitative estimate of drug-likeness (QED) is 0.815. The molecule has 1 heterocycles. The van der Waals surface area contributed by atoms with Crippen molar-refractivity contribution in [1.82, 2.24) is 10.2 Å². The molecule has 2 N–H and O–H groups in total. The fourth-order valence-electron chi connectivity index (χ4n) is 0.449. The molecule has 4 nitrogen and oxygen atoms in total. The first-order valence-corrected chi connectivity index (χ1v) is 3.84. The highest BCUT2D eigenvalue weighted by molar-refractivity contribution is 9.13. The number of aromatic nitrogens is 2. The SMILES string of the molecule is O=C(O)c1n[nH]c(Br)c1Br. The molecular formula is C4H2Br2N2O2. The van der Waals surface area contributed by atoms with E-state index in [-0.39, 0.29) is 5.69 Å². The van der Waals surface area contributed by atoms with Crippen LogP contribution in [0.5, 0.6) is 0 Å². The molecule has 0 saturated heterocycles. The van der Waals surface area contributed by atoms with Gasteiger partial charge in [0.1, 0.15) is 4.60 Å². The van der Waals surface area contributed by atoms with Crippen molar-refractivity contribution in [2.24, 2.45) is 0 Å². The Hall–Kier alpha value is -0.360. The minimum Gasteiger partial charge on any atom is -0.476 e. The second kappa shape index (κ2) is 2.71. The monoisotopic (exact) mass is 268 g/mol.